The predicted molar refractivity (Wildman–Crippen MR) is 75.8 cm³/mol. The number of amides is 1. The van der Waals surface area contributed by atoms with E-state index < -0.39 is 5.97 Å². The van der Waals surface area contributed by atoms with Gasteiger partial charge in [0.25, 0.3) is 5.91 Å². The summed E-state index contributed by atoms with van der Waals surface area (Å²) in [5, 5.41) is 4.68. The van der Waals surface area contributed by atoms with E-state index in [0.29, 0.717) is 24.8 Å². The fraction of sp³-hybridized carbons (Fsp3) is 0.583. The predicted octanol–water partition coefficient (Wildman–Crippen LogP) is 1.80. The van der Waals surface area contributed by atoms with Gasteiger partial charge >= 0.3 is 5.97 Å². The minimum atomic E-state index is -0.473. The van der Waals surface area contributed by atoms with E-state index in [9.17, 15) is 9.59 Å². The minimum Gasteiger partial charge on any atom is -0.461 e. The summed E-state index contributed by atoms with van der Waals surface area (Å²) >= 11 is 3.05. The average molecular weight is 300 g/mol. The molecule has 104 valence electrons. The first-order valence-electron chi connectivity index (χ1n) is 6.19. The molecule has 1 aliphatic heterocycles. The molecule has 0 aliphatic carbocycles. The fourth-order valence-corrected chi connectivity index (χ4v) is 3.71. The molecule has 1 amide bonds. The number of ether oxygens (including phenoxy) is 1. The molecular formula is C12H16N2O3S2. The van der Waals surface area contributed by atoms with Crippen molar-refractivity contribution < 1.29 is 14.3 Å². The van der Waals surface area contributed by atoms with Gasteiger partial charge in [-0.25, -0.2) is 9.78 Å². The van der Waals surface area contributed by atoms with Crippen molar-refractivity contribution in [2.24, 2.45) is 5.92 Å². The van der Waals surface area contributed by atoms with E-state index in [1.165, 1.54) is 5.75 Å². The number of esters is 1. The van der Waals surface area contributed by atoms with Crippen LogP contribution in [0.25, 0.3) is 0 Å². The second-order valence-electron chi connectivity index (χ2n) is 4.20. The van der Waals surface area contributed by atoms with Gasteiger partial charge in [-0.05, 0) is 30.8 Å². The van der Waals surface area contributed by atoms with Crippen molar-refractivity contribution in [2.45, 2.75) is 13.3 Å². The summed E-state index contributed by atoms with van der Waals surface area (Å²) in [5.74, 6) is 2.13. The first kappa shape index (κ1) is 14.3. The van der Waals surface area contributed by atoms with E-state index in [1.54, 1.807) is 12.3 Å². The number of thioether (sulfide) groups is 1. The Morgan fingerprint density at radius 1 is 1.58 bits per heavy atom. The number of aromatic nitrogens is 1. The third-order valence-electron chi connectivity index (χ3n) is 2.76. The third-order valence-corrected chi connectivity index (χ3v) is 4.82. The van der Waals surface area contributed by atoms with Gasteiger partial charge in [0.05, 0.1) is 6.61 Å². The quantitative estimate of drug-likeness (QED) is 0.840. The van der Waals surface area contributed by atoms with Crippen LogP contribution in [0.5, 0.6) is 0 Å². The van der Waals surface area contributed by atoms with Crippen LogP contribution in [0.4, 0.5) is 0 Å². The van der Waals surface area contributed by atoms with Crippen LogP contribution in [0, 0.1) is 5.92 Å². The molecule has 2 rings (SSSR count). The molecule has 2 heterocycles. The molecule has 1 saturated heterocycles. The lowest BCUT2D eigenvalue weighted by atomic mass is 10.1. The first-order chi connectivity index (χ1) is 9.20. The van der Waals surface area contributed by atoms with Crippen molar-refractivity contribution in [1.29, 1.82) is 0 Å². The van der Waals surface area contributed by atoms with Gasteiger partial charge in [-0.15, -0.1) is 11.3 Å². The molecular weight excluding hydrogens is 284 g/mol. The van der Waals surface area contributed by atoms with Gasteiger partial charge in [0.2, 0.25) is 5.01 Å². The van der Waals surface area contributed by atoms with E-state index in [1.807, 2.05) is 11.8 Å². The minimum absolute atomic E-state index is 0.219. The standard InChI is InChI=1S/C12H16N2O3S2/c1-2-17-12(16)11-14-9(7-19-11)10(15)13-5-8-3-4-18-6-8/h7-8H,2-6H2,1H3,(H,13,15). The van der Waals surface area contributed by atoms with Crippen molar-refractivity contribution in [3.05, 3.63) is 16.1 Å². The van der Waals surface area contributed by atoms with Gasteiger partial charge in [0, 0.05) is 11.9 Å². The number of nitrogens with zero attached hydrogens (tertiary/aromatic N) is 1. The highest BCUT2D eigenvalue weighted by Gasteiger charge is 2.19. The molecule has 1 N–H and O–H groups in total. The van der Waals surface area contributed by atoms with Crippen LogP contribution in [0.2, 0.25) is 0 Å². The number of nitrogens with one attached hydrogen (secondary N) is 1. The van der Waals surface area contributed by atoms with Crippen molar-refractivity contribution in [3.63, 3.8) is 0 Å². The molecule has 1 unspecified atom stereocenters. The number of thiazole rings is 1. The van der Waals surface area contributed by atoms with E-state index in [0.717, 1.165) is 23.5 Å². The third kappa shape index (κ3) is 3.94. The van der Waals surface area contributed by atoms with Gasteiger partial charge in [0.15, 0.2) is 0 Å². The zero-order valence-electron chi connectivity index (χ0n) is 10.7. The van der Waals surface area contributed by atoms with Crippen molar-refractivity contribution >= 4 is 35.0 Å². The number of hydrogen-bond donors (Lipinski definition) is 1. The molecule has 0 bridgehead atoms. The van der Waals surface area contributed by atoms with Crippen LogP contribution in [0.15, 0.2) is 5.38 Å². The van der Waals surface area contributed by atoms with E-state index in [-0.39, 0.29) is 10.9 Å². The van der Waals surface area contributed by atoms with Crippen molar-refractivity contribution in [2.75, 3.05) is 24.7 Å². The van der Waals surface area contributed by atoms with Gasteiger partial charge in [0.1, 0.15) is 5.69 Å². The summed E-state index contributed by atoms with van der Waals surface area (Å²) in [5.41, 5.74) is 0.290. The monoisotopic (exact) mass is 300 g/mol. The lowest BCUT2D eigenvalue weighted by Crippen LogP contribution is -2.29. The maximum absolute atomic E-state index is 11.9. The topological polar surface area (TPSA) is 68.3 Å². The molecule has 1 aromatic heterocycles. The summed E-state index contributed by atoms with van der Waals surface area (Å²) in [7, 11) is 0. The number of carbonyl (C=O) groups excluding carboxylic acids is 2. The first-order valence-corrected chi connectivity index (χ1v) is 8.22. The second-order valence-corrected chi connectivity index (χ2v) is 6.21. The van der Waals surface area contributed by atoms with Crippen LogP contribution in [-0.2, 0) is 4.74 Å². The van der Waals surface area contributed by atoms with Gasteiger partial charge < -0.3 is 10.1 Å². The molecule has 5 nitrogen and oxygen atoms in total. The zero-order chi connectivity index (χ0) is 13.7. The van der Waals surface area contributed by atoms with Crippen LogP contribution in [0.1, 0.15) is 33.6 Å². The Labute approximate surface area is 120 Å². The fourth-order valence-electron chi connectivity index (χ4n) is 1.74. The Balaban J connectivity index is 1.86. The second kappa shape index (κ2) is 6.91. The Kier molecular flexibility index (Phi) is 5.21. The number of carbonyl (C=O) groups is 2. The van der Waals surface area contributed by atoms with Gasteiger partial charge in [-0.1, -0.05) is 0 Å². The van der Waals surface area contributed by atoms with Crippen molar-refractivity contribution in [1.82, 2.24) is 10.3 Å². The molecule has 1 fully saturated rings. The van der Waals surface area contributed by atoms with Crippen molar-refractivity contribution in [3.8, 4) is 0 Å². The number of rotatable bonds is 5. The van der Waals surface area contributed by atoms with Crippen LogP contribution in [0.3, 0.4) is 0 Å². The Morgan fingerprint density at radius 2 is 2.42 bits per heavy atom. The summed E-state index contributed by atoms with van der Waals surface area (Å²) < 4.78 is 4.84. The largest absolute Gasteiger partial charge is 0.461 e. The Bertz CT molecular complexity index is 456. The zero-order valence-corrected chi connectivity index (χ0v) is 12.3. The summed E-state index contributed by atoms with van der Waals surface area (Å²) in [4.78, 5) is 27.3. The van der Waals surface area contributed by atoms with E-state index >= 15 is 0 Å². The smallest absolute Gasteiger partial charge is 0.367 e. The normalized spacial score (nSPS) is 18.3. The van der Waals surface area contributed by atoms with Gasteiger partial charge in [-0.2, -0.15) is 11.8 Å². The van der Waals surface area contributed by atoms with Gasteiger partial charge in [-0.3, -0.25) is 4.79 Å². The molecule has 1 aromatic rings. The molecule has 1 atom stereocenters. The SMILES string of the molecule is CCOC(=O)c1nc(C(=O)NCC2CCSC2)cs1. The maximum Gasteiger partial charge on any atom is 0.367 e. The highest BCUT2D eigenvalue weighted by Crippen LogP contribution is 2.22. The molecule has 0 aromatic carbocycles. The lowest BCUT2D eigenvalue weighted by molar-refractivity contribution is 0.0526. The van der Waals surface area contributed by atoms with E-state index in [4.69, 9.17) is 4.74 Å². The van der Waals surface area contributed by atoms with Crippen LogP contribution < -0.4 is 5.32 Å². The summed E-state index contributed by atoms with van der Waals surface area (Å²) in [6.45, 7) is 2.72. The lowest BCUT2D eigenvalue weighted by Gasteiger charge is -2.08. The van der Waals surface area contributed by atoms with Crippen LogP contribution >= 0.6 is 23.1 Å². The Morgan fingerprint density at radius 3 is 3.11 bits per heavy atom. The molecule has 0 radical (unpaired) electrons. The molecule has 19 heavy (non-hydrogen) atoms. The summed E-state index contributed by atoms with van der Waals surface area (Å²) in [6, 6.07) is 0. The molecule has 0 saturated carbocycles. The van der Waals surface area contributed by atoms with E-state index in [2.05, 4.69) is 10.3 Å². The molecule has 0 spiro atoms. The Hall–Kier alpha value is -1.08. The molecule has 1 aliphatic rings. The number of hydrogen-bond acceptors (Lipinski definition) is 6. The highest BCUT2D eigenvalue weighted by atomic mass is 32.2. The maximum atomic E-state index is 11.9. The highest BCUT2D eigenvalue weighted by molar-refractivity contribution is 7.99. The van der Waals surface area contributed by atoms with Crippen LogP contribution in [-0.4, -0.2) is 41.5 Å². The molecule has 7 heteroatoms. The summed E-state index contributed by atoms with van der Waals surface area (Å²) in [6.07, 6.45) is 1.15. The average Bonchev–Trinajstić information content (AvgIpc) is 3.07.